The lowest BCUT2D eigenvalue weighted by Gasteiger charge is -2.34. The summed E-state index contributed by atoms with van der Waals surface area (Å²) in [6, 6.07) is -0.749. The van der Waals surface area contributed by atoms with Crippen molar-refractivity contribution in [3.63, 3.8) is 0 Å². The minimum absolute atomic E-state index is 0.00322. The molecule has 0 spiro atoms. The highest BCUT2D eigenvalue weighted by Gasteiger charge is 2.25. The van der Waals surface area contributed by atoms with Gasteiger partial charge in [0.1, 0.15) is 12.6 Å². The van der Waals surface area contributed by atoms with Gasteiger partial charge in [0.25, 0.3) is 0 Å². The minimum Gasteiger partial charge on any atom is -0.544 e. The summed E-state index contributed by atoms with van der Waals surface area (Å²) >= 11 is 0. The van der Waals surface area contributed by atoms with E-state index < -0.39 is 24.1 Å². The molecule has 0 bridgehead atoms. The third-order valence-corrected chi connectivity index (χ3v) is 9.61. The average molecular weight is 860 g/mol. The number of carbonyl (C=O) groups excluding carboxylic acids is 3. The molecule has 0 aromatic carbocycles. The van der Waals surface area contributed by atoms with Gasteiger partial charge >= 0.3 is 11.9 Å². The number of carbonyl (C=O) groups is 3. The topological polar surface area (TPSA) is 102 Å². The molecule has 2 atom stereocenters. The van der Waals surface area contributed by atoms with Crippen LogP contribution in [0, 0.1) is 0 Å². The SMILES string of the molecule is CC/C=C\C/C=C\C/C=C\C/C=C\C/C=C\C/C=C\CCC(=O)OC(COCCC(C(=O)[O-])[N+](C)(C)C)COC(=O)CCCCCCCC/C=C\C/C=C\C/C=C\C/C=C\CC. The number of ether oxygens (including phenoxy) is 3. The van der Waals surface area contributed by atoms with E-state index in [0.717, 1.165) is 96.3 Å². The van der Waals surface area contributed by atoms with Crippen LogP contribution < -0.4 is 5.11 Å². The quantitative estimate of drug-likeness (QED) is 0.0262. The Morgan fingerprint density at radius 2 is 0.887 bits per heavy atom. The molecule has 62 heavy (non-hydrogen) atoms. The molecular weight excluding hydrogens is 775 g/mol. The van der Waals surface area contributed by atoms with E-state index in [9.17, 15) is 19.5 Å². The summed E-state index contributed by atoms with van der Waals surface area (Å²) in [5, 5.41) is 11.6. The molecular formula is C54H85NO7. The van der Waals surface area contributed by atoms with E-state index in [0.29, 0.717) is 12.8 Å². The van der Waals surface area contributed by atoms with Gasteiger partial charge in [-0.15, -0.1) is 0 Å². The van der Waals surface area contributed by atoms with Crippen LogP contribution in [0.5, 0.6) is 0 Å². The van der Waals surface area contributed by atoms with Gasteiger partial charge in [0.05, 0.1) is 40.3 Å². The van der Waals surface area contributed by atoms with Crippen molar-refractivity contribution in [3.8, 4) is 0 Å². The van der Waals surface area contributed by atoms with Crippen molar-refractivity contribution in [2.75, 3.05) is 41.0 Å². The molecule has 2 unspecified atom stereocenters. The summed E-state index contributed by atoms with van der Waals surface area (Å²) in [6.45, 7) is 4.31. The first-order valence-corrected chi connectivity index (χ1v) is 23.6. The molecule has 0 saturated heterocycles. The zero-order valence-electron chi connectivity index (χ0n) is 39.5. The molecule has 0 aromatic rings. The van der Waals surface area contributed by atoms with Crippen molar-refractivity contribution in [2.45, 2.75) is 161 Å². The molecule has 0 saturated carbocycles. The Morgan fingerprint density at radius 1 is 0.484 bits per heavy atom. The molecule has 0 radical (unpaired) electrons. The van der Waals surface area contributed by atoms with Gasteiger partial charge in [-0.2, -0.15) is 0 Å². The Hall–Kier alpha value is -4.27. The van der Waals surface area contributed by atoms with E-state index >= 15 is 0 Å². The lowest BCUT2D eigenvalue weighted by molar-refractivity contribution is -0.889. The summed E-state index contributed by atoms with van der Waals surface area (Å²) in [5.74, 6) is -1.88. The second-order valence-corrected chi connectivity index (χ2v) is 16.2. The summed E-state index contributed by atoms with van der Waals surface area (Å²) in [5.41, 5.74) is 0. The average Bonchev–Trinajstić information content (AvgIpc) is 3.23. The monoisotopic (exact) mass is 860 g/mol. The van der Waals surface area contributed by atoms with Gasteiger partial charge in [0.2, 0.25) is 0 Å². The number of rotatable bonds is 40. The zero-order chi connectivity index (χ0) is 45.6. The van der Waals surface area contributed by atoms with Crippen LogP contribution >= 0.6 is 0 Å². The van der Waals surface area contributed by atoms with E-state index in [4.69, 9.17) is 14.2 Å². The molecule has 0 fully saturated rings. The number of nitrogens with zero attached hydrogens (tertiary/aromatic N) is 1. The Labute approximate surface area is 378 Å². The van der Waals surface area contributed by atoms with Crippen molar-refractivity contribution in [1.82, 2.24) is 0 Å². The second-order valence-electron chi connectivity index (χ2n) is 16.2. The number of esters is 2. The predicted octanol–water partition coefficient (Wildman–Crippen LogP) is 12.1. The van der Waals surface area contributed by atoms with Crippen LogP contribution in [0.4, 0.5) is 0 Å². The summed E-state index contributed by atoms with van der Waals surface area (Å²) in [7, 11) is 5.36. The van der Waals surface area contributed by atoms with Crippen LogP contribution in [0.25, 0.3) is 0 Å². The third kappa shape index (κ3) is 41.1. The first-order valence-electron chi connectivity index (χ1n) is 23.6. The maximum atomic E-state index is 12.7. The molecule has 0 amide bonds. The van der Waals surface area contributed by atoms with E-state index in [1.54, 1.807) is 21.1 Å². The maximum Gasteiger partial charge on any atom is 0.306 e. The predicted molar refractivity (Wildman–Crippen MR) is 258 cm³/mol. The van der Waals surface area contributed by atoms with Crippen LogP contribution in [-0.4, -0.2) is 75.5 Å². The first kappa shape index (κ1) is 57.7. The van der Waals surface area contributed by atoms with Crippen LogP contribution in [-0.2, 0) is 28.6 Å². The van der Waals surface area contributed by atoms with Crippen molar-refractivity contribution in [1.29, 1.82) is 0 Å². The number of hydrogen-bond donors (Lipinski definition) is 0. The van der Waals surface area contributed by atoms with E-state index in [2.05, 4.69) is 123 Å². The summed E-state index contributed by atoms with van der Waals surface area (Å²) in [4.78, 5) is 36.9. The van der Waals surface area contributed by atoms with Gasteiger partial charge < -0.3 is 28.6 Å². The number of carboxylic acid groups (broad SMARTS) is 1. The van der Waals surface area contributed by atoms with Gasteiger partial charge in [-0.25, -0.2) is 0 Å². The van der Waals surface area contributed by atoms with Gasteiger partial charge in [-0.1, -0.05) is 161 Å². The smallest absolute Gasteiger partial charge is 0.306 e. The molecule has 0 N–H and O–H groups in total. The number of quaternary nitrogens is 1. The Balaban J connectivity index is 4.48. The van der Waals surface area contributed by atoms with Crippen LogP contribution in [0.15, 0.2) is 122 Å². The maximum absolute atomic E-state index is 12.7. The Morgan fingerprint density at radius 3 is 1.32 bits per heavy atom. The number of unbranched alkanes of at least 4 members (excludes halogenated alkanes) is 6. The van der Waals surface area contributed by atoms with Crippen molar-refractivity contribution in [3.05, 3.63) is 122 Å². The molecule has 8 nitrogen and oxygen atoms in total. The molecule has 0 aliphatic heterocycles. The standard InChI is InChI=1S/C54H85NO7/c1-6-8-10-12-14-16-18-20-22-24-26-28-30-32-34-36-38-40-42-44-52(56)61-49-50(48-60-47-46-51(54(58)59)55(3,4)5)62-53(57)45-43-41-39-37-35-33-31-29-27-25-23-21-19-17-15-13-11-9-7-2/h8-11,14-17,20-23,26-29,33,35,39,41,50-51H,6-7,12-13,18-19,24-25,30-32,34,36-38,40,42-49H2,1-5H3/b10-8-,11-9-,16-14-,17-15-,22-20-,23-21-,28-26-,29-27-,35-33-,41-39-. The van der Waals surface area contributed by atoms with Crippen LogP contribution in [0.3, 0.4) is 0 Å². The number of hydrogen-bond acceptors (Lipinski definition) is 7. The fraction of sp³-hybridized carbons (Fsp3) is 0.574. The van der Waals surface area contributed by atoms with Crippen LogP contribution in [0.2, 0.25) is 0 Å². The van der Waals surface area contributed by atoms with Crippen molar-refractivity contribution in [2.24, 2.45) is 0 Å². The lowest BCUT2D eigenvalue weighted by Crippen LogP contribution is -2.55. The highest BCUT2D eigenvalue weighted by Crippen LogP contribution is 2.12. The Bertz CT molecular complexity index is 1420. The van der Waals surface area contributed by atoms with E-state index in [1.807, 2.05) is 12.2 Å². The summed E-state index contributed by atoms with van der Waals surface area (Å²) in [6.07, 6.45) is 61.0. The molecule has 0 aliphatic carbocycles. The largest absolute Gasteiger partial charge is 0.544 e. The summed E-state index contributed by atoms with van der Waals surface area (Å²) < 4.78 is 17.1. The molecule has 348 valence electrons. The highest BCUT2D eigenvalue weighted by atomic mass is 16.6. The van der Waals surface area contributed by atoms with Crippen molar-refractivity contribution < 1.29 is 38.2 Å². The number of aliphatic carboxylic acids is 1. The molecule has 0 aliphatic rings. The van der Waals surface area contributed by atoms with Gasteiger partial charge in [0.15, 0.2) is 6.10 Å². The first-order chi connectivity index (χ1) is 30.1. The van der Waals surface area contributed by atoms with E-state index in [-0.39, 0.29) is 43.1 Å². The fourth-order valence-corrected chi connectivity index (χ4v) is 6.03. The lowest BCUT2D eigenvalue weighted by atomic mass is 10.1. The highest BCUT2D eigenvalue weighted by molar-refractivity contribution is 5.70. The normalized spacial score (nSPS) is 14.0. The van der Waals surface area contributed by atoms with Crippen LogP contribution in [0.1, 0.15) is 149 Å². The molecule has 8 heteroatoms. The zero-order valence-corrected chi connectivity index (χ0v) is 39.5. The number of carboxylic acids is 1. The third-order valence-electron chi connectivity index (χ3n) is 9.61. The Kier molecular flexibility index (Phi) is 40.4. The minimum atomic E-state index is -1.14. The fourth-order valence-electron chi connectivity index (χ4n) is 6.03. The molecule has 0 heterocycles. The molecule has 0 rings (SSSR count). The number of likely N-dealkylation sites (N-methyl/N-ethyl adjacent to an activating group) is 1. The van der Waals surface area contributed by atoms with Gasteiger partial charge in [0, 0.05) is 19.3 Å². The van der Waals surface area contributed by atoms with Gasteiger partial charge in [-0.3, -0.25) is 9.59 Å². The molecule has 0 aromatic heterocycles. The number of allylic oxidation sites excluding steroid dienone is 20. The van der Waals surface area contributed by atoms with Gasteiger partial charge in [-0.05, 0) is 89.9 Å². The second kappa shape index (κ2) is 43.4. The van der Waals surface area contributed by atoms with Crippen molar-refractivity contribution >= 4 is 17.9 Å². The van der Waals surface area contributed by atoms with E-state index in [1.165, 1.54) is 12.8 Å².